The van der Waals surface area contributed by atoms with E-state index in [0.29, 0.717) is 12.2 Å². The molecule has 96 valence electrons. The third-order valence-corrected chi connectivity index (χ3v) is 3.04. The van der Waals surface area contributed by atoms with Crippen molar-refractivity contribution in [1.82, 2.24) is 4.98 Å². The number of nitrogen functional groups attached to an aromatic ring is 1. The van der Waals surface area contributed by atoms with E-state index in [0.717, 1.165) is 16.6 Å². The zero-order chi connectivity index (χ0) is 13.1. The van der Waals surface area contributed by atoms with E-state index in [1.54, 1.807) is 6.20 Å². The molecule has 2 rings (SSSR count). The number of rotatable bonds is 4. The largest absolute Gasteiger partial charge is 0.399 e. The molecule has 1 unspecified atom stereocenters. The van der Waals surface area contributed by atoms with Gasteiger partial charge < -0.3 is 16.2 Å². The van der Waals surface area contributed by atoms with Crippen LogP contribution in [0.5, 0.6) is 0 Å². The molecule has 18 heavy (non-hydrogen) atoms. The minimum atomic E-state index is -0.359. The average Bonchev–Trinajstić information content (AvgIpc) is 2.35. The number of fused-ring (bicyclic) bond motifs is 1. The van der Waals surface area contributed by atoms with Crippen LogP contribution in [0.4, 0.5) is 11.4 Å². The summed E-state index contributed by atoms with van der Waals surface area (Å²) in [6.45, 7) is 4.52. The molecule has 4 nitrogen and oxygen atoms in total. The summed E-state index contributed by atoms with van der Waals surface area (Å²) in [6.07, 6.45) is 1.38. The van der Waals surface area contributed by atoms with Crippen LogP contribution < -0.4 is 11.1 Å². The van der Waals surface area contributed by atoms with E-state index in [1.165, 1.54) is 0 Å². The lowest BCUT2D eigenvalue weighted by Crippen LogP contribution is -2.24. The lowest BCUT2D eigenvalue weighted by atomic mass is 10.1. The maximum absolute atomic E-state index is 9.81. The van der Waals surface area contributed by atoms with Gasteiger partial charge in [-0.25, -0.2) is 0 Å². The molecule has 1 atom stereocenters. The summed E-state index contributed by atoms with van der Waals surface area (Å²) in [5.74, 6) is 0.237. The molecule has 4 N–H and O–H groups in total. The zero-order valence-corrected chi connectivity index (χ0v) is 10.7. The Morgan fingerprint density at radius 2 is 2.11 bits per heavy atom. The van der Waals surface area contributed by atoms with E-state index in [1.807, 2.05) is 38.1 Å². The summed E-state index contributed by atoms with van der Waals surface area (Å²) in [6, 6.07) is 7.56. The number of aliphatic hydroxyl groups is 1. The normalized spacial score (nSPS) is 12.9. The van der Waals surface area contributed by atoms with Crippen molar-refractivity contribution in [3.05, 3.63) is 30.5 Å². The van der Waals surface area contributed by atoms with Crippen LogP contribution in [0, 0.1) is 5.92 Å². The van der Waals surface area contributed by atoms with Gasteiger partial charge in [0, 0.05) is 29.5 Å². The molecule has 1 heterocycles. The molecule has 0 aliphatic carbocycles. The summed E-state index contributed by atoms with van der Waals surface area (Å²) in [7, 11) is 0. The van der Waals surface area contributed by atoms with Gasteiger partial charge in [0.25, 0.3) is 0 Å². The van der Waals surface area contributed by atoms with Gasteiger partial charge in [0.05, 0.1) is 11.6 Å². The predicted molar refractivity (Wildman–Crippen MR) is 75.5 cm³/mol. The maximum Gasteiger partial charge on any atom is 0.0743 e. The number of nitrogens with two attached hydrogens (primary N) is 1. The van der Waals surface area contributed by atoms with Crippen molar-refractivity contribution < 1.29 is 5.11 Å². The van der Waals surface area contributed by atoms with Crippen molar-refractivity contribution >= 4 is 22.3 Å². The molecule has 0 bridgehead atoms. The van der Waals surface area contributed by atoms with Gasteiger partial charge in [0.15, 0.2) is 0 Å². The Morgan fingerprint density at radius 3 is 2.83 bits per heavy atom. The smallest absolute Gasteiger partial charge is 0.0743 e. The van der Waals surface area contributed by atoms with Crippen LogP contribution in [0.3, 0.4) is 0 Å². The van der Waals surface area contributed by atoms with E-state index < -0.39 is 0 Å². The summed E-state index contributed by atoms with van der Waals surface area (Å²) >= 11 is 0. The lowest BCUT2D eigenvalue weighted by molar-refractivity contribution is 0.138. The molecule has 0 fully saturated rings. The predicted octanol–water partition coefficient (Wildman–Crippen LogP) is 2.25. The highest BCUT2D eigenvalue weighted by molar-refractivity contribution is 5.92. The number of hydrogen-bond acceptors (Lipinski definition) is 4. The molecular weight excluding hydrogens is 226 g/mol. The summed E-state index contributed by atoms with van der Waals surface area (Å²) in [5, 5.41) is 14.1. The first-order valence-electron chi connectivity index (χ1n) is 6.14. The summed E-state index contributed by atoms with van der Waals surface area (Å²) in [5.41, 5.74) is 8.27. The highest BCUT2D eigenvalue weighted by Gasteiger charge is 2.09. The fraction of sp³-hybridized carbons (Fsp3) is 0.357. The molecule has 0 amide bonds. The molecule has 0 spiro atoms. The van der Waals surface area contributed by atoms with Crippen molar-refractivity contribution in [3.63, 3.8) is 0 Å². The molecule has 0 saturated heterocycles. The molecule has 1 aromatic heterocycles. The Bertz CT molecular complexity index is 540. The molecule has 0 radical (unpaired) electrons. The van der Waals surface area contributed by atoms with E-state index in [-0.39, 0.29) is 12.0 Å². The van der Waals surface area contributed by atoms with Gasteiger partial charge in [-0.05, 0) is 30.2 Å². The van der Waals surface area contributed by atoms with Gasteiger partial charge in [0.1, 0.15) is 0 Å². The Hall–Kier alpha value is -1.81. The van der Waals surface area contributed by atoms with Crippen LogP contribution >= 0.6 is 0 Å². The minimum Gasteiger partial charge on any atom is -0.399 e. The van der Waals surface area contributed by atoms with E-state index in [4.69, 9.17) is 5.73 Å². The molecule has 0 aliphatic heterocycles. The first kappa shape index (κ1) is 12.6. The number of aliphatic hydroxyl groups excluding tert-OH is 1. The van der Waals surface area contributed by atoms with Gasteiger partial charge in [-0.2, -0.15) is 0 Å². The second-order valence-corrected chi connectivity index (χ2v) is 4.83. The highest BCUT2D eigenvalue weighted by atomic mass is 16.3. The number of aromatic nitrogens is 1. The van der Waals surface area contributed by atoms with E-state index in [2.05, 4.69) is 10.3 Å². The third kappa shape index (κ3) is 2.71. The number of benzene rings is 1. The van der Waals surface area contributed by atoms with Crippen molar-refractivity contribution in [2.75, 3.05) is 17.6 Å². The number of nitrogens with one attached hydrogen (secondary N) is 1. The summed E-state index contributed by atoms with van der Waals surface area (Å²) in [4.78, 5) is 4.28. The van der Waals surface area contributed by atoms with Crippen molar-refractivity contribution in [3.8, 4) is 0 Å². The average molecular weight is 245 g/mol. The fourth-order valence-electron chi connectivity index (χ4n) is 1.77. The Balaban J connectivity index is 2.23. The van der Waals surface area contributed by atoms with Crippen LogP contribution in [0.15, 0.2) is 30.5 Å². The second-order valence-electron chi connectivity index (χ2n) is 4.83. The molecule has 1 aromatic carbocycles. The fourth-order valence-corrected chi connectivity index (χ4v) is 1.77. The Labute approximate surface area is 107 Å². The number of nitrogens with zero attached hydrogens (tertiary/aromatic N) is 1. The summed E-state index contributed by atoms with van der Waals surface area (Å²) < 4.78 is 0. The number of hydrogen-bond donors (Lipinski definition) is 3. The van der Waals surface area contributed by atoms with Gasteiger partial charge in [0.2, 0.25) is 0 Å². The van der Waals surface area contributed by atoms with Gasteiger partial charge in [-0.15, -0.1) is 0 Å². The minimum absolute atomic E-state index is 0.237. The van der Waals surface area contributed by atoms with Crippen molar-refractivity contribution in [2.24, 2.45) is 5.92 Å². The standard InChI is InChI=1S/C14H19N3O/c1-9(2)14(18)8-17-12-5-6-16-13-7-10(15)3-4-11(12)13/h3-7,9,14,18H,8,15H2,1-2H3,(H,16,17). The molecule has 4 heteroatoms. The number of anilines is 2. The first-order valence-corrected chi connectivity index (χ1v) is 6.14. The number of pyridine rings is 1. The molecule has 2 aromatic rings. The Kier molecular flexibility index (Phi) is 3.67. The van der Waals surface area contributed by atoms with Crippen molar-refractivity contribution in [1.29, 1.82) is 0 Å². The van der Waals surface area contributed by atoms with Gasteiger partial charge in [-0.3, -0.25) is 4.98 Å². The first-order chi connectivity index (χ1) is 8.58. The Morgan fingerprint density at radius 1 is 1.33 bits per heavy atom. The van der Waals surface area contributed by atoms with Crippen LogP contribution in [0.2, 0.25) is 0 Å². The second kappa shape index (κ2) is 5.23. The van der Waals surface area contributed by atoms with Crippen LogP contribution in [0.25, 0.3) is 10.9 Å². The third-order valence-electron chi connectivity index (χ3n) is 3.04. The van der Waals surface area contributed by atoms with E-state index >= 15 is 0 Å². The van der Waals surface area contributed by atoms with Crippen LogP contribution in [-0.2, 0) is 0 Å². The van der Waals surface area contributed by atoms with Crippen LogP contribution in [0.1, 0.15) is 13.8 Å². The lowest BCUT2D eigenvalue weighted by Gasteiger charge is -2.16. The molecular formula is C14H19N3O. The SMILES string of the molecule is CC(C)C(O)CNc1ccnc2cc(N)ccc12. The monoisotopic (exact) mass is 245 g/mol. The van der Waals surface area contributed by atoms with Crippen molar-refractivity contribution in [2.45, 2.75) is 20.0 Å². The highest BCUT2D eigenvalue weighted by Crippen LogP contribution is 2.23. The quantitative estimate of drug-likeness (QED) is 0.722. The molecule has 0 aliphatic rings. The van der Waals surface area contributed by atoms with E-state index in [9.17, 15) is 5.11 Å². The topological polar surface area (TPSA) is 71.2 Å². The zero-order valence-electron chi connectivity index (χ0n) is 10.7. The van der Waals surface area contributed by atoms with Crippen LogP contribution in [-0.4, -0.2) is 22.7 Å². The van der Waals surface area contributed by atoms with Gasteiger partial charge >= 0.3 is 0 Å². The maximum atomic E-state index is 9.81. The van der Waals surface area contributed by atoms with Gasteiger partial charge in [-0.1, -0.05) is 13.8 Å². The molecule has 0 saturated carbocycles.